The Morgan fingerprint density at radius 3 is 2.52 bits per heavy atom. The third kappa shape index (κ3) is 7.38. The van der Waals surface area contributed by atoms with Gasteiger partial charge in [0.25, 0.3) is 5.91 Å². The van der Waals surface area contributed by atoms with E-state index in [0.717, 1.165) is 5.56 Å². The minimum Gasteiger partial charge on any atom is -0.352 e. The standard InChI is InChI=1S/C23H21ClFN3O2S/c24-17-7-11-19(12-8-17)28-21(29)4-2-13-26-22(30)20-3-1-14-27-23(20)31-15-16-5-9-18(25)10-6-16/h1,3,5-12,14H,2,4,13,15H2,(H,26,30)(H,28,29). The van der Waals surface area contributed by atoms with E-state index in [1.165, 1.54) is 23.9 Å². The summed E-state index contributed by atoms with van der Waals surface area (Å²) < 4.78 is 13.0. The number of thioether (sulfide) groups is 1. The molecule has 2 N–H and O–H groups in total. The number of pyridine rings is 1. The summed E-state index contributed by atoms with van der Waals surface area (Å²) in [4.78, 5) is 28.9. The fraction of sp³-hybridized carbons (Fsp3) is 0.174. The number of hydrogen-bond acceptors (Lipinski definition) is 4. The molecular formula is C23H21ClFN3O2S. The largest absolute Gasteiger partial charge is 0.352 e. The number of amides is 2. The second-order valence-electron chi connectivity index (χ2n) is 6.69. The van der Waals surface area contributed by atoms with Crippen LogP contribution in [-0.2, 0) is 10.5 Å². The Labute approximate surface area is 189 Å². The number of nitrogens with one attached hydrogen (secondary N) is 2. The van der Waals surface area contributed by atoms with Crippen LogP contribution in [0.1, 0.15) is 28.8 Å². The average molecular weight is 458 g/mol. The van der Waals surface area contributed by atoms with Crippen molar-refractivity contribution >= 4 is 40.9 Å². The zero-order valence-electron chi connectivity index (χ0n) is 16.6. The fourth-order valence-corrected chi connectivity index (χ4v) is 3.79. The smallest absolute Gasteiger partial charge is 0.254 e. The highest BCUT2D eigenvalue weighted by Gasteiger charge is 2.13. The van der Waals surface area contributed by atoms with Crippen LogP contribution >= 0.6 is 23.4 Å². The van der Waals surface area contributed by atoms with E-state index in [1.54, 1.807) is 54.7 Å². The van der Waals surface area contributed by atoms with E-state index in [1.807, 2.05) is 0 Å². The molecule has 0 radical (unpaired) electrons. The van der Waals surface area contributed by atoms with Crippen molar-refractivity contribution in [3.05, 3.63) is 88.8 Å². The Kier molecular flexibility index (Phi) is 8.44. The van der Waals surface area contributed by atoms with Gasteiger partial charge in [0, 0.05) is 35.6 Å². The first-order valence-electron chi connectivity index (χ1n) is 9.67. The highest BCUT2D eigenvalue weighted by atomic mass is 35.5. The monoisotopic (exact) mass is 457 g/mol. The molecule has 0 aliphatic carbocycles. The molecule has 1 aromatic heterocycles. The molecular weight excluding hydrogens is 437 g/mol. The molecule has 0 bridgehead atoms. The number of benzene rings is 2. The van der Waals surface area contributed by atoms with Crippen molar-refractivity contribution in [2.75, 3.05) is 11.9 Å². The van der Waals surface area contributed by atoms with Crippen LogP contribution in [0.5, 0.6) is 0 Å². The molecule has 160 valence electrons. The highest BCUT2D eigenvalue weighted by Crippen LogP contribution is 2.24. The Bertz CT molecular complexity index is 1030. The first-order valence-corrected chi connectivity index (χ1v) is 11.0. The number of halogens is 2. The third-order valence-electron chi connectivity index (χ3n) is 4.30. The van der Waals surface area contributed by atoms with Gasteiger partial charge in [-0.2, -0.15) is 0 Å². The number of carbonyl (C=O) groups is 2. The van der Waals surface area contributed by atoms with Crippen molar-refractivity contribution in [1.82, 2.24) is 10.3 Å². The summed E-state index contributed by atoms with van der Waals surface area (Å²) in [7, 11) is 0. The Balaban J connectivity index is 1.45. The van der Waals surface area contributed by atoms with Crippen molar-refractivity contribution < 1.29 is 14.0 Å². The lowest BCUT2D eigenvalue weighted by molar-refractivity contribution is -0.116. The van der Waals surface area contributed by atoms with E-state index in [2.05, 4.69) is 15.6 Å². The number of aromatic nitrogens is 1. The van der Waals surface area contributed by atoms with Gasteiger partial charge in [0.05, 0.1) is 5.56 Å². The summed E-state index contributed by atoms with van der Waals surface area (Å²) in [5.74, 6) is -0.0857. The van der Waals surface area contributed by atoms with Gasteiger partial charge in [-0.05, 0) is 60.5 Å². The molecule has 0 unspecified atom stereocenters. The normalized spacial score (nSPS) is 10.5. The van der Waals surface area contributed by atoms with Gasteiger partial charge < -0.3 is 10.6 Å². The van der Waals surface area contributed by atoms with E-state index in [-0.39, 0.29) is 24.1 Å². The fourth-order valence-electron chi connectivity index (χ4n) is 2.71. The van der Waals surface area contributed by atoms with Gasteiger partial charge in [-0.25, -0.2) is 9.37 Å². The molecule has 31 heavy (non-hydrogen) atoms. The van der Waals surface area contributed by atoms with E-state index >= 15 is 0 Å². The summed E-state index contributed by atoms with van der Waals surface area (Å²) >= 11 is 7.24. The first kappa shape index (κ1) is 22.8. The van der Waals surface area contributed by atoms with Gasteiger partial charge >= 0.3 is 0 Å². The first-order chi connectivity index (χ1) is 15.0. The zero-order chi connectivity index (χ0) is 22.1. The maximum absolute atomic E-state index is 13.0. The van der Waals surface area contributed by atoms with Crippen LogP contribution in [0.15, 0.2) is 71.9 Å². The molecule has 0 atom stereocenters. The summed E-state index contributed by atoms with van der Waals surface area (Å²) in [5, 5.41) is 6.82. The maximum atomic E-state index is 13.0. The lowest BCUT2D eigenvalue weighted by atomic mass is 10.2. The lowest BCUT2D eigenvalue weighted by Crippen LogP contribution is -2.26. The molecule has 3 rings (SSSR count). The predicted octanol–water partition coefficient (Wildman–Crippen LogP) is 5.32. The number of nitrogens with zero attached hydrogens (tertiary/aromatic N) is 1. The van der Waals surface area contributed by atoms with Crippen LogP contribution in [-0.4, -0.2) is 23.3 Å². The molecule has 2 amide bonds. The third-order valence-corrected chi connectivity index (χ3v) is 5.63. The quantitative estimate of drug-likeness (QED) is 0.337. The summed E-state index contributed by atoms with van der Waals surface area (Å²) in [6.07, 6.45) is 2.41. The number of rotatable bonds is 9. The van der Waals surface area contributed by atoms with Gasteiger partial charge in [-0.1, -0.05) is 23.7 Å². The Morgan fingerprint density at radius 1 is 1.03 bits per heavy atom. The van der Waals surface area contributed by atoms with Gasteiger partial charge in [0.1, 0.15) is 10.8 Å². The van der Waals surface area contributed by atoms with E-state index < -0.39 is 0 Å². The minimum absolute atomic E-state index is 0.131. The SMILES string of the molecule is O=C(CCCNC(=O)c1cccnc1SCc1ccc(F)cc1)Nc1ccc(Cl)cc1. The van der Waals surface area contributed by atoms with Crippen LogP contribution in [0.3, 0.4) is 0 Å². The number of anilines is 1. The van der Waals surface area contributed by atoms with Crippen LogP contribution in [0.25, 0.3) is 0 Å². The molecule has 8 heteroatoms. The molecule has 5 nitrogen and oxygen atoms in total. The average Bonchev–Trinajstić information content (AvgIpc) is 2.78. The van der Waals surface area contributed by atoms with Gasteiger partial charge in [-0.15, -0.1) is 11.8 Å². The summed E-state index contributed by atoms with van der Waals surface area (Å²) in [5.41, 5.74) is 2.09. The van der Waals surface area contributed by atoms with Crippen molar-refractivity contribution in [3.8, 4) is 0 Å². The minimum atomic E-state index is -0.284. The van der Waals surface area contributed by atoms with E-state index in [4.69, 9.17) is 11.6 Å². The molecule has 0 aliphatic rings. The topological polar surface area (TPSA) is 71.1 Å². The van der Waals surface area contributed by atoms with Gasteiger partial charge in [0.15, 0.2) is 0 Å². The predicted molar refractivity (Wildman–Crippen MR) is 122 cm³/mol. The molecule has 0 spiro atoms. The van der Waals surface area contributed by atoms with Crippen molar-refractivity contribution in [1.29, 1.82) is 0 Å². The molecule has 0 saturated heterocycles. The lowest BCUT2D eigenvalue weighted by Gasteiger charge is -2.09. The number of hydrogen-bond donors (Lipinski definition) is 2. The van der Waals surface area contributed by atoms with Crippen LogP contribution in [0.2, 0.25) is 5.02 Å². The van der Waals surface area contributed by atoms with Gasteiger partial charge in [0.2, 0.25) is 5.91 Å². The molecule has 3 aromatic rings. The molecule has 0 aliphatic heterocycles. The van der Waals surface area contributed by atoms with Crippen LogP contribution < -0.4 is 10.6 Å². The maximum Gasteiger partial charge on any atom is 0.254 e. The summed E-state index contributed by atoms with van der Waals surface area (Å²) in [6.45, 7) is 0.365. The highest BCUT2D eigenvalue weighted by molar-refractivity contribution is 7.98. The Hall–Kier alpha value is -2.90. The zero-order valence-corrected chi connectivity index (χ0v) is 18.2. The van der Waals surface area contributed by atoms with Crippen LogP contribution in [0, 0.1) is 5.82 Å². The van der Waals surface area contributed by atoms with Crippen molar-refractivity contribution in [2.24, 2.45) is 0 Å². The molecule has 0 saturated carbocycles. The van der Waals surface area contributed by atoms with Crippen molar-refractivity contribution in [2.45, 2.75) is 23.6 Å². The van der Waals surface area contributed by atoms with Gasteiger partial charge in [-0.3, -0.25) is 9.59 Å². The second-order valence-corrected chi connectivity index (χ2v) is 8.09. The van der Waals surface area contributed by atoms with E-state index in [9.17, 15) is 14.0 Å². The Morgan fingerprint density at radius 2 is 1.77 bits per heavy atom. The van der Waals surface area contributed by atoms with Crippen LogP contribution in [0.4, 0.5) is 10.1 Å². The number of carbonyl (C=O) groups excluding carboxylic acids is 2. The van der Waals surface area contributed by atoms with Crippen molar-refractivity contribution in [3.63, 3.8) is 0 Å². The summed E-state index contributed by atoms with van der Waals surface area (Å²) in [6, 6.07) is 16.5. The molecule has 1 heterocycles. The molecule has 0 fully saturated rings. The molecule has 2 aromatic carbocycles. The second kappa shape index (κ2) is 11.5. The van der Waals surface area contributed by atoms with E-state index in [0.29, 0.717) is 40.0 Å².